The number of rotatable bonds is 8. The normalized spacial score (nSPS) is 16.5. The zero-order valence-electron chi connectivity index (χ0n) is 24.2. The van der Waals surface area contributed by atoms with E-state index in [0.717, 1.165) is 53.9 Å². The van der Waals surface area contributed by atoms with Gasteiger partial charge in [-0.1, -0.05) is 59.6 Å². The number of hydrogen-bond acceptors (Lipinski definition) is 7. The molecule has 43 heavy (non-hydrogen) atoms. The van der Waals surface area contributed by atoms with Crippen molar-refractivity contribution in [3.63, 3.8) is 0 Å². The molecule has 6 rings (SSSR count). The third-order valence-electron chi connectivity index (χ3n) is 8.09. The topological polar surface area (TPSA) is 91.4 Å². The summed E-state index contributed by atoms with van der Waals surface area (Å²) in [6.45, 7) is 3.96. The van der Waals surface area contributed by atoms with Crippen LogP contribution in [0.15, 0.2) is 60.8 Å². The van der Waals surface area contributed by atoms with Crippen LogP contribution in [-0.2, 0) is 17.9 Å². The van der Waals surface area contributed by atoms with Gasteiger partial charge in [0, 0.05) is 91.9 Å². The Balaban J connectivity index is 1.28. The summed E-state index contributed by atoms with van der Waals surface area (Å²) in [7, 11) is 3.72. The van der Waals surface area contributed by atoms with E-state index in [1.54, 1.807) is 13.3 Å². The van der Waals surface area contributed by atoms with Crippen LogP contribution in [0.25, 0.3) is 33.6 Å². The van der Waals surface area contributed by atoms with Crippen molar-refractivity contribution in [2.75, 3.05) is 38.7 Å². The smallest absolute Gasteiger partial charge is 0.220 e. The first-order chi connectivity index (χ1) is 20.9. The zero-order valence-corrected chi connectivity index (χ0v) is 25.7. The average molecular weight is 618 g/mol. The Labute approximate surface area is 261 Å². The number of methoxy groups -OCH3 is 1. The number of carbonyl (C=O) groups is 1. The monoisotopic (exact) mass is 616 g/mol. The van der Waals surface area contributed by atoms with Crippen molar-refractivity contribution in [2.45, 2.75) is 32.0 Å². The number of amides is 1. The van der Waals surface area contributed by atoms with Gasteiger partial charge in [0.05, 0.1) is 28.5 Å². The molecule has 2 aliphatic heterocycles. The van der Waals surface area contributed by atoms with Crippen LogP contribution in [0.5, 0.6) is 5.88 Å². The minimum absolute atomic E-state index is 0.110. The van der Waals surface area contributed by atoms with Gasteiger partial charge in [-0.2, -0.15) is 0 Å². The number of aromatic nitrogens is 2. The van der Waals surface area contributed by atoms with Crippen molar-refractivity contribution >= 4 is 34.8 Å². The van der Waals surface area contributed by atoms with Crippen LogP contribution in [0.4, 0.5) is 5.69 Å². The van der Waals surface area contributed by atoms with Gasteiger partial charge in [-0.15, -0.1) is 0 Å². The molecule has 0 radical (unpaired) electrons. The number of nitrogens with zero attached hydrogens (tertiary/aromatic N) is 3. The molecule has 2 aromatic carbocycles. The van der Waals surface area contributed by atoms with Crippen molar-refractivity contribution in [1.82, 2.24) is 25.9 Å². The Morgan fingerprint density at radius 2 is 1.91 bits per heavy atom. The van der Waals surface area contributed by atoms with E-state index in [1.807, 2.05) is 36.4 Å². The molecule has 222 valence electrons. The van der Waals surface area contributed by atoms with E-state index >= 15 is 0 Å². The number of hydrogen-bond donors (Lipinski definition) is 3. The van der Waals surface area contributed by atoms with Crippen molar-refractivity contribution in [3.8, 4) is 39.5 Å². The Morgan fingerprint density at radius 1 is 1.07 bits per heavy atom. The predicted octanol–water partition coefficient (Wildman–Crippen LogP) is 5.70. The number of pyridine rings is 2. The lowest BCUT2D eigenvalue weighted by Crippen LogP contribution is -2.35. The van der Waals surface area contributed by atoms with Crippen molar-refractivity contribution in [2.24, 2.45) is 0 Å². The minimum Gasteiger partial charge on any atom is -0.481 e. The van der Waals surface area contributed by atoms with Crippen molar-refractivity contribution < 1.29 is 9.53 Å². The van der Waals surface area contributed by atoms with E-state index in [2.05, 4.69) is 51.1 Å². The number of nitrogens with one attached hydrogen (secondary N) is 3. The molecule has 2 aromatic heterocycles. The molecular weight excluding hydrogens is 583 g/mol. The lowest BCUT2D eigenvalue weighted by Gasteiger charge is -2.20. The van der Waals surface area contributed by atoms with Gasteiger partial charge in [0.2, 0.25) is 11.8 Å². The first-order valence-corrected chi connectivity index (χ1v) is 15.2. The lowest BCUT2D eigenvalue weighted by molar-refractivity contribution is -0.119. The first kappa shape index (κ1) is 29.4. The zero-order chi connectivity index (χ0) is 29.9. The SMILES string of the molecule is COc1nc(-c2cccc(-c3ccnc(-c4ccc5c(c4)N(C)CCNC5)c3Cl)c2Cl)ccc1CNC[C@@H]1CCC(=O)N1. The molecule has 10 heteroatoms. The summed E-state index contributed by atoms with van der Waals surface area (Å²) in [6.07, 6.45) is 3.21. The minimum atomic E-state index is 0.110. The molecule has 0 aliphatic carbocycles. The standard InChI is InChI=1S/C33H34Cl2N6O2/c1-41-15-14-36-17-21-7-6-20(16-28(21)41)32-31(35)25(12-13-38-32)24-4-3-5-26(30(24)34)27-10-8-22(33(40-27)43-2)18-37-19-23-9-11-29(42)39-23/h3-8,10,12-13,16,23,36-37H,9,11,14-15,17-19H2,1-2H3,(H,39,42)/t23-/m0/s1. The largest absolute Gasteiger partial charge is 0.481 e. The molecule has 4 aromatic rings. The van der Waals surface area contributed by atoms with Crippen LogP contribution in [0, 0.1) is 0 Å². The molecular formula is C33H34Cl2N6O2. The summed E-state index contributed by atoms with van der Waals surface area (Å²) in [5.74, 6) is 0.632. The van der Waals surface area contributed by atoms with Crippen LogP contribution in [0.2, 0.25) is 10.0 Å². The fraction of sp³-hybridized carbons (Fsp3) is 0.303. The third-order valence-corrected chi connectivity index (χ3v) is 8.88. The average Bonchev–Trinajstić information content (AvgIpc) is 3.35. The number of fused-ring (bicyclic) bond motifs is 1. The number of benzene rings is 2. The molecule has 0 saturated carbocycles. The van der Waals surface area contributed by atoms with Gasteiger partial charge >= 0.3 is 0 Å². The second-order valence-corrected chi connectivity index (χ2v) is 11.7. The maximum Gasteiger partial charge on any atom is 0.220 e. The van der Waals surface area contributed by atoms with Gasteiger partial charge in [-0.3, -0.25) is 9.78 Å². The molecule has 0 unspecified atom stereocenters. The van der Waals surface area contributed by atoms with Crippen LogP contribution in [-0.4, -0.2) is 55.7 Å². The van der Waals surface area contributed by atoms with E-state index in [4.69, 9.17) is 32.9 Å². The third kappa shape index (κ3) is 6.19. The molecule has 0 bridgehead atoms. The van der Waals surface area contributed by atoms with Gasteiger partial charge in [-0.25, -0.2) is 4.98 Å². The molecule has 4 heterocycles. The van der Waals surface area contributed by atoms with E-state index < -0.39 is 0 Å². The van der Waals surface area contributed by atoms with Gasteiger partial charge in [0.25, 0.3) is 0 Å². The Hall–Kier alpha value is -3.69. The molecule has 0 spiro atoms. The lowest BCUT2D eigenvalue weighted by atomic mass is 9.99. The fourth-order valence-corrected chi connectivity index (χ4v) is 6.39. The molecule has 1 fully saturated rings. The highest BCUT2D eigenvalue weighted by molar-refractivity contribution is 6.39. The molecule has 1 saturated heterocycles. The molecule has 1 amide bonds. The molecule has 3 N–H and O–H groups in total. The van der Waals surface area contributed by atoms with Crippen LogP contribution < -0.4 is 25.6 Å². The second-order valence-electron chi connectivity index (χ2n) is 10.9. The van der Waals surface area contributed by atoms with Gasteiger partial charge in [-0.05, 0) is 30.2 Å². The maximum absolute atomic E-state index is 11.5. The summed E-state index contributed by atoms with van der Waals surface area (Å²) < 4.78 is 5.64. The van der Waals surface area contributed by atoms with Crippen LogP contribution in [0.1, 0.15) is 24.0 Å². The van der Waals surface area contributed by atoms with Crippen molar-refractivity contribution in [1.29, 1.82) is 0 Å². The predicted molar refractivity (Wildman–Crippen MR) is 173 cm³/mol. The highest BCUT2D eigenvalue weighted by Crippen LogP contribution is 2.42. The van der Waals surface area contributed by atoms with Gasteiger partial charge in [0.1, 0.15) is 0 Å². The number of carbonyl (C=O) groups excluding carboxylic acids is 1. The van der Waals surface area contributed by atoms with E-state index in [-0.39, 0.29) is 11.9 Å². The molecule has 8 nitrogen and oxygen atoms in total. The fourth-order valence-electron chi connectivity index (χ4n) is 5.74. The summed E-state index contributed by atoms with van der Waals surface area (Å²) in [4.78, 5) is 23.2. The summed E-state index contributed by atoms with van der Waals surface area (Å²) in [5, 5.41) is 10.9. The quantitative estimate of drug-likeness (QED) is 0.234. The highest BCUT2D eigenvalue weighted by Gasteiger charge is 2.21. The Morgan fingerprint density at radius 3 is 2.72 bits per heavy atom. The van der Waals surface area contributed by atoms with Crippen molar-refractivity contribution in [3.05, 3.63) is 82.0 Å². The van der Waals surface area contributed by atoms with E-state index in [0.29, 0.717) is 46.8 Å². The number of halogens is 2. The van der Waals surface area contributed by atoms with Gasteiger partial charge in [0.15, 0.2) is 0 Å². The number of likely N-dealkylation sites (N-methyl/N-ethyl adjacent to an activating group) is 1. The summed E-state index contributed by atoms with van der Waals surface area (Å²) >= 11 is 14.1. The molecule has 2 aliphatic rings. The van der Waals surface area contributed by atoms with E-state index in [9.17, 15) is 4.79 Å². The summed E-state index contributed by atoms with van der Waals surface area (Å²) in [5.41, 5.74) is 8.09. The Kier molecular flexibility index (Phi) is 8.81. The van der Waals surface area contributed by atoms with Crippen LogP contribution >= 0.6 is 23.2 Å². The Bertz CT molecular complexity index is 1660. The number of anilines is 1. The summed E-state index contributed by atoms with van der Waals surface area (Å²) in [6, 6.07) is 18.2. The number of ether oxygens (including phenoxy) is 1. The second kappa shape index (κ2) is 12.9. The molecule has 1 atom stereocenters. The maximum atomic E-state index is 11.5. The van der Waals surface area contributed by atoms with Crippen LogP contribution in [0.3, 0.4) is 0 Å². The van der Waals surface area contributed by atoms with E-state index in [1.165, 1.54) is 11.3 Å². The first-order valence-electron chi connectivity index (χ1n) is 14.5. The highest BCUT2D eigenvalue weighted by atomic mass is 35.5. The van der Waals surface area contributed by atoms with Gasteiger partial charge < -0.3 is 25.6 Å².